The zero-order valence-electron chi connectivity index (χ0n) is 15.5. The Labute approximate surface area is 156 Å². The summed E-state index contributed by atoms with van der Waals surface area (Å²) in [7, 11) is 0. The summed E-state index contributed by atoms with van der Waals surface area (Å²) in [6, 6.07) is 18.5. The normalized spacial score (nSPS) is 16.2. The lowest BCUT2D eigenvalue weighted by atomic mass is 10.1. The molecule has 138 valence electrons. The van der Waals surface area contributed by atoms with E-state index in [2.05, 4.69) is 47.5 Å². The Morgan fingerprint density at radius 2 is 1.81 bits per heavy atom. The largest absolute Gasteiger partial charge is 0.379 e. The molecule has 4 nitrogen and oxygen atoms in total. The lowest BCUT2D eigenvalue weighted by Gasteiger charge is -2.26. The van der Waals surface area contributed by atoms with Gasteiger partial charge in [0.1, 0.15) is 0 Å². The standard InChI is InChI=1S/C22H28N2O2/c1-18(10-11-19-6-3-2-4-7-19)23-22(25)21-9-5-8-20(16-21)17-24-12-14-26-15-13-24/h2-9,16,18H,10-15,17H2,1H3,(H,23,25)/t18-/m0/s1. The number of carbonyl (C=O) groups is 1. The molecule has 1 amide bonds. The SMILES string of the molecule is C[C@@H](CCc1ccccc1)NC(=O)c1cccc(CN2CCOCC2)c1. The molecule has 2 aromatic rings. The number of nitrogens with one attached hydrogen (secondary N) is 1. The van der Waals surface area contributed by atoms with Gasteiger partial charge in [-0.1, -0.05) is 42.5 Å². The maximum Gasteiger partial charge on any atom is 0.251 e. The number of hydrogen-bond acceptors (Lipinski definition) is 3. The predicted octanol–water partition coefficient (Wildman–Crippen LogP) is 3.27. The molecule has 1 atom stereocenters. The summed E-state index contributed by atoms with van der Waals surface area (Å²) in [6.07, 6.45) is 1.91. The monoisotopic (exact) mass is 352 g/mol. The van der Waals surface area contributed by atoms with Gasteiger partial charge in [-0.2, -0.15) is 0 Å². The van der Waals surface area contributed by atoms with Crippen LogP contribution in [0.5, 0.6) is 0 Å². The molecule has 0 spiro atoms. The van der Waals surface area contributed by atoms with Crippen LogP contribution in [0.15, 0.2) is 54.6 Å². The molecular weight excluding hydrogens is 324 g/mol. The van der Waals surface area contributed by atoms with Crippen LogP contribution in [-0.4, -0.2) is 43.2 Å². The molecule has 1 fully saturated rings. The van der Waals surface area contributed by atoms with Gasteiger partial charge in [0, 0.05) is 31.2 Å². The number of hydrogen-bond donors (Lipinski definition) is 1. The molecule has 1 saturated heterocycles. The van der Waals surface area contributed by atoms with Gasteiger partial charge in [0.2, 0.25) is 0 Å². The van der Waals surface area contributed by atoms with E-state index in [0.29, 0.717) is 0 Å². The number of benzene rings is 2. The highest BCUT2D eigenvalue weighted by atomic mass is 16.5. The van der Waals surface area contributed by atoms with Crippen LogP contribution in [0.3, 0.4) is 0 Å². The summed E-state index contributed by atoms with van der Waals surface area (Å²) in [5, 5.41) is 3.12. The lowest BCUT2D eigenvalue weighted by molar-refractivity contribution is 0.0342. The number of ether oxygens (including phenoxy) is 1. The Morgan fingerprint density at radius 1 is 1.08 bits per heavy atom. The van der Waals surface area contributed by atoms with Crippen molar-refractivity contribution in [1.82, 2.24) is 10.2 Å². The first kappa shape index (κ1) is 18.6. The van der Waals surface area contributed by atoms with Gasteiger partial charge in [0.25, 0.3) is 5.91 Å². The molecule has 2 aromatic carbocycles. The zero-order valence-corrected chi connectivity index (χ0v) is 15.5. The van der Waals surface area contributed by atoms with E-state index in [1.807, 2.05) is 24.3 Å². The molecular formula is C22H28N2O2. The molecule has 0 unspecified atom stereocenters. The minimum absolute atomic E-state index is 0.00869. The quantitative estimate of drug-likeness (QED) is 0.831. The second kappa shape index (κ2) is 9.51. The summed E-state index contributed by atoms with van der Waals surface area (Å²) in [5.41, 5.74) is 3.22. The van der Waals surface area contributed by atoms with Crippen molar-refractivity contribution in [2.24, 2.45) is 0 Å². The Bertz CT molecular complexity index is 696. The molecule has 4 heteroatoms. The van der Waals surface area contributed by atoms with Crippen LogP contribution in [0.2, 0.25) is 0 Å². The van der Waals surface area contributed by atoms with E-state index in [-0.39, 0.29) is 11.9 Å². The van der Waals surface area contributed by atoms with E-state index < -0.39 is 0 Å². The van der Waals surface area contributed by atoms with Crippen LogP contribution in [-0.2, 0) is 17.7 Å². The third kappa shape index (κ3) is 5.68. The molecule has 0 radical (unpaired) electrons. The van der Waals surface area contributed by atoms with Crippen molar-refractivity contribution in [3.8, 4) is 0 Å². The second-order valence-electron chi connectivity index (χ2n) is 6.99. The Hall–Kier alpha value is -2.17. The Kier molecular flexibility index (Phi) is 6.81. The topological polar surface area (TPSA) is 41.6 Å². The highest BCUT2D eigenvalue weighted by Gasteiger charge is 2.13. The minimum Gasteiger partial charge on any atom is -0.379 e. The fourth-order valence-corrected chi connectivity index (χ4v) is 3.24. The number of amides is 1. The summed E-state index contributed by atoms with van der Waals surface area (Å²) >= 11 is 0. The van der Waals surface area contributed by atoms with Gasteiger partial charge in [-0.05, 0) is 43.0 Å². The molecule has 26 heavy (non-hydrogen) atoms. The van der Waals surface area contributed by atoms with Crippen LogP contribution in [0.25, 0.3) is 0 Å². The van der Waals surface area contributed by atoms with Gasteiger partial charge in [0.15, 0.2) is 0 Å². The number of nitrogens with zero attached hydrogens (tertiary/aromatic N) is 1. The van der Waals surface area contributed by atoms with Crippen molar-refractivity contribution < 1.29 is 9.53 Å². The summed E-state index contributed by atoms with van der Waals surface area (Å²) in [4.78, 5) is 14.9. The van der Waals surface area contributed by atoms with E-state index in [0.717, 1.165) is 51.3 Å². The van der Waals surface area contributed by atoms with Crippen molar-refractivity contribution in [3.63, 3.8) is 0 Å². The maximum atomic E-state index is 12.6. The molecule has 1 aliphatic rings. The number of morpholine rings is 1. The summed E-state index contributed by atoms with van der Waals surface area (Å²) in [6.45, 7) is 6.42. The van der Waals surface area contributed by atoms with Gasteiger partial charge in [-0.15, -0.1) is 0 Å². The van der Waals surface area contributed by atoms with E-state index in [1.54, 1.807) is 0 Å². The van der Waals surface area contributed by atoms with E-state index in [9.17, 15) is 4.79 Å². The summed E-state index contributed by atoms with van der Waals surface area (Å²) < 4.78 is 5.39. The number of carbonyl (C=O) groups excluding carboxylic acids is 1. The lowest BCUT2D eigenvalue weighted by Crippen LogP contribution is -2.36. The first-order valence-electron chi connectivity index (χ1n) is 9.44. The first-order chi connectivity index (χ1) is 12.7. The molecule has 0 aliphatic carbocycles. The van der Waals surface area contributed by atoms with Crippen molar-refractivity contribution >= 4 is 5.91 Å². The molecule has 0 bridgehead atoms. The van der Waals surface area contributed by atoms with Crippen molar-refractivity contribution in [1.29, 1.82) is 0 Å². The Balaban J connectivity index is 1.51. The maximum absolute atomic E-state index is 12.6. The van der Waals surface area contributed by atoms with Crippen molar-refractivity contribution in [2.45, 2.75) is 32.4 Å². The van der Waals surface area contributed by atoms with Crippen LogP contribution in [0, 0.1) is 0 Å². The zero-order chi connectivity index (χ0) is 18.2. The highest BCUT2D eigenvalue weighted by molar-refractivity contribution is 5.94. The molecule has 0 saturated carbocycles. The Morgan fingerprint density at radius 3 is 2.58 bits per heavy atom. The van der Waals surface area contributed by atoms with Crippen LogP contribution in [0.4, 0.5) is 0 Å². The van der Waals surface area contributed by atoms with Crippen molar-refractivity contribution in [3.05, 3.63) is 71.3 Å². The van der Waals surface area contributed by atoms with Gasteiger partial charge in [0.05, 0.1) is 13.2 Å². The first-order valence-corrected chi connectivity index (χ1v) is 9.44. The fourth-order valence-electron chi connectivity index (χ4n) is 3.24. The molecule has 3 rings (SSSR count). The van der Waals surface area contributed by atoms with Gasteiger partial charge < -0.3 is 10.1 Å². The summed E-state index contributed by atoms with van der Waals surface area (Å²) in [5.74, 6) is 0.00869. The molecule has 1 aliphatic heterocycles. The average molecular weight is 352 g/mol. The number of rotatable bonds is 7. The van der Waals surface area contributed by atoms with Gasteiger partial charge >= 0.3 is 0 Å². The molecule has 0 aromatic heterocycles. The molecule has 1 heterocycles. The third-order valence-electron chi connectivity index (χ3n) is 4.79. The van der Waals surface area contributed by atoms with Gasteiger partial charge in [-0.25, -0.2) is 0 Å². The molecule has 1 N–H and O–H groups in total. The van der Waals surface area contributed by atoms with E-state index in [1.165, 1.54) is 11.1 Å². The third-order valence-corrected chi connectivity index (χ3v) is 4.79. The van der Waals surface area contributed by atoms with Gasteiger partial charge in [-0.3, -0.25) is 9.69 Å². The second-order valence-corrected chi connectivity index (χ2v) is 6.99. The fraction of sp³-hybridized carbons (Fsp3) is 0.409. The van der Waals surface area contributed by atoms with Crippen LogP contribution in [0.1, 0.15) is 34.8 Å². The van der Waals surface area contributed by atoms with E-state index >= 15 is 0 Å². The van der Waals surface area contributed by atoms with Crippen LogP contribution >= 0.6 is 0 Å². The smallest absolute Gasteiger partial charge is 0.251 e. The van der Waals surface area contributed by atoms with E-state index in [4.69, 9.17) is 4.74 Å². The minimum atomic E-state index is 0.00869. The van der Waals surface area contributed by atoms with Crippen LogP contribution < -0.4 is 5.32 Å². The van der Waals surface area contributed by atoms with Crippen molar-refractivity contribution in [2.75, 3.05) is 26.3 Å². The average Bonchev–Trinajstić information content (AvgIpc) is 2.68. The number of aryl methyl sites for hydroxylation is 1. The predicted molar refractivity (Wildman–Crippen MR) is 104 cm³/mol. The highest BCUT2D eigenvalue weighted by Crippen LogP contribution is 2.11.